The van der Waals surface area contributed by atoms with Crippen LogP contribution >= 0.6 is 0 Å². The number of rotatable bonds is 2. The van der Waals surface area contributed by atoms with Gasteiger partial charge >= 0.3 is 0 Å². The number of piperidine rings is 1. The van der Waals surface area contributed by atoms with Crippen LogP contribution in [0.5, 0.6) is 0 Å². The van der Waals surface area contributed by atoms with Crippen molar-refractivity contribution in [1.29, 1.82) is 0 Å². The number of carbonyl (C=O) groups excluding carboxylic acids is 1. The van der Waals surface area contributed by atoms with E-state index in [0.29, 0.717) is 0 Å². The summed E-state index contributed by atoms with van der Waals surface area (Å²) in [5.41, 5.74) is 5.87. The van der Waals surface area contributed by atoms with Crippen molar-refractivity contribution in [2.24, 2.45) is 5.73 Å². The summed E-state index contributed by atoms with van der Waals surface area (Å²) in [5, 5.41) is 0. The highest BCUT2D eigenvalue weighted by Crippen LogP contribution is 2.12. The standard InChI is InChI=1S/C10H21N3O/c1-8(10(14)12(2)3)13-6-4-5-9(11)7-13/h8-9H,4-7,11H2,1-3H3/t8?,9-/m1/s1. The summed E-state index contributed by atoms with van der Waals surface area (Å²) < 4.78 is 0. The number of likely N-dealkylation sites (tertiary alicyclic amines) is 1. The minimum Gasteiger partial charge on any atom is -0.347 e. The second-order valence-corrected chi connectivity index (χ2v) is 4.31. The van der Waals surface area contributed by atoms with E-state index in [1.165, 1.54) is 0 Å². The molecule has 82 valence electrons. The van der Waals surface area contributed by atoms with Crippen LogP contribution < -0.4 is 5.73 Å². The lowest BCUT2D eigenvalue weighted by Crippen LogP contribution is -2.51. The maximum absolute atomic E-state index is 11.7. The van der Waals surface area contributed by atoms with Crippen molar-refractivity contribution in [3.63, 3.8) is 0 Å². The highest BCUT2D eigenvalue weighted by molar-refractivity contribution is 5.80. The molecule has 1 heterocycles. The van der Waals surface area contributed by atoms with Crippen LogP contribution in [0.15, 0.2) is 0 Å². The Morgan fingerprint density at radius 2 is 2.21 bits per heavy atom. The van der Waals surface area contributed by atoms with Crippen LogP contribution in [0.25, 0.3) is 0 Å². The highest BCUT2D eigenvalue weighted by Gasteiger charge is 2.26. The Kier molecular flexibility index (Phi) is 3.89. The average molecular weight is 199 g/mol. The SMILES string of the molecule is CC(C(=O)N(C)C)N1CCC[C@@H](N)C1. The first kappa shape index (κ1) is 11.5. The summed E-state index contributed by atoms with van der Waals surface area (Å²) >= 11 is 0. The fraction of sp³-hybridized carbons (Fsp3) is 0.900. The average Bonchev–Trinajstić information content (AvgIpc) is 2.15. The zero-order chi connectivity index (χ0) is 10.7. The quantitative estimate of drug-likeness (QED) is 0.675. The Bertz CT molecular complexity index is 206. The molecule has 14 heavy (non-hydrogen) atoms. The number of hydrogen-bond donors (Lipinski definition) is 1. The molecule has 0 aromatic carbocycles. The molecule has 2 atom stereocenters. The largest absolute Gasteiger partial charge is 0.347 e. The van der Waals surface area contributed by atoms with E-state index < -0.39 is 0 Å². The number of likely N-dealkylation sites (N-methyl/N-ethyl adjacent to an activating group) is 1. The smallest absolute Gasteiger partial charge is 0.239 e. The van der Waals surface area contributed by atoms with Gasteiger partial charge in [0.2, 0.25) is 5.91 Å². The lowest BCUT2D eigenvalue weighted by Gasteiger charge is -2.35. The van der Waals surface area contributed by atoms with Gasteiger partial charge in [-0.15, -0.1) is 0 Å². The van der Waals surface area contributed by atoms with E-state index >= 15 is 0 Å². The van der Waals surface area contributed by atoms with E-state index in [4.69, 9.17) is 5.73 Å². The van der Waals surface area contributed by atoms with Crippen molar-refractivity contribution in [3.05, 3.63) is 0 Å². The van der Waals surface area contributed by atoms with Gasteiger partial charge in [0, 0.05) is 26.7 Å². The summed E-state index contributed by atoms with van der Waals surface area (Å²) in [7, 11) is 3.59. The Morgan fingerprint density at radius 3 is 2.71 bits per heavy atom. The Balaban J connectivity index is 2.51. The summed E-state index contributed by atoms with van der Waals surface area (Å²) in [6.07, 6.45) is 2.19. The molecule has 1 saturated heterocycles. The van der Waals surface area contributed by atoms with E-state index in [1.54, 1.807) is 19.0 Å². The second-order valence-electron chi connectivity index (χ2n) is 4.31. The van der Waals surface area contributed by atoms with Crippen molar-refractivity contribution >= 4 is 5.91 Å². The van der Waals surface area contributed by atoms with Gasteiger partial charge in [0.25, 0.3) is 0 Å². The summed E-state index contributed by atoms with van der Waals surface area (Å²) in [4.78, 5) is 15.5. The lowest BCUT2D eigenvalue weighted by molar-refractivity contribution is -0.134. The van der Waals surface area contributed by atoms with Crippen LogP contribution in [0.2, 0.25) is 0 Å². The summed E-state index contributed by atoms with van der Waals surface area (Å²) in [6.45, 7) is 3.80. The zero-order valence-corrected chi connectivity index (χ0v) is 9.36. The molecule has 0 aromatic heterocycles. The summed E-state index contributed by atoms with van der Waals surface area (Å²) in [6, 6.07) is 0.206. The molecule has 4 nitrogen and oxygen atoms in total. The first-order valence-electron chi connectivity index (χ1n) is 5.23. The monoisotopic (exact) mass is 199 g/mol. The maximum atomic E-state index is 11.7. The van der Waals surface area contributed by atoms with Crippen molar-refractivity contribution in [3.8, 4) is 0 Å². The van der Waals surface area contributed by atoms with E-state index in [9.17, 15) is 4.79 Å². The third kappa shape index (κ3) is 2.69. The molecule has 1 fully saturated rings. The van der Waals surface area contributed by atoms with Gasteiger partial charge in [-0.1, -0.05) is 0 Å². The first-order chi connectivity index (χ1) is 6.52. The van der Waals surface area contributed by atoms with Crippen molar-refractivity contribution in [2.75, 3.05) is 27.2 Å². The molecule has 1 aliphatic rings. The predicted octanol–water partition coefficient (Wildman–Crippen LogP) is -0.114. The van der Waals surface area contributed by atoms with Crippen LogP contribution in [0, 0.1) is 0 Å². The van der Waals surface area contributed by atoms with Gasteiger partial charge in [0.05, 0.1) is 6.04 Å². The minimum atomic E-state index is -0.0312. The topological polar surface area (TPSA) is 49.6 Å². The van der Waals surface area contributed by atoms with Gasteiger partial charge in [-0.2, -0.15) is 0 Å². The van der Waals surface area contributed by atoms with Gasteiger partial charge in [-0.05, 0) is 26.3 Å². The van der Waals surface area contributed by atoms with E-state index in [2.05, 4.69) is 4.90 Å². The van der Waals surface area contributed by atoms with Gasteiger partial charge in [-0.25, -0.2) is 0 Å². The third-order valence-electron chi connectivity index (χ3n) is 2.84. The predicted molar refractivity (Wildman–Crippen MR) is 56.9 cm³/mol. The van der Waals surface area contributed by atoms with Gasteiger partial charge in [0.15, 0.2) is 0 Å². The molecule has 1 aliphatic heterocycles. The molecule has 0 spiro atoms. The molecule has 0 radical (unpaired) electrons. The first-order valence-corrected chi connectivity index (χ1v) is 5.23. The molecule has 0 aromatic rings. The molecule has 0 saturated carbocycles. The molecular formula is C10H21N3O. The Labute approximate surface area is 86.0 Å². The van der Waals surface area contributed by atoms with Crippen molar-refractivity contribution < 1.29 is 4.79 Å². The number of carbonyl (C=O) groups is 1. The van der Waals surface area contributed by atoms with Crippen LogP contribution in [-0.4, -0.2) is 55.0 Å². The van der Waals surface area contributed by atoms with Gasteiger partial charge in [-0.3, -0.25) is 9.69 Å². The number of nitrogens with zero attached hydrogens (tertiary/aromatic N) is 2. The Hall–Kier alpha value is -0.610. The minimum absolute atomic E-state index is 0.0312. The second kappa shape index (κ2) is 4.75. The van der Waals surface area contributed by atoms with Crippen LogP contribution in [0.1, 0.15) is 19.8 Å². The van der Waals surface area contributed by atoms with Gasteiger partial charge < -0.3 is 10.6 Å². The fourth-order valence-corrected chi connectivity index (χ4v) is 1.92. The molecule has 0 aliphatic carbocycles. The molecule has 0 bridgehead atoms. The number of hydrogen-bond acceptors (Lipinski definition) is 3. The van der Waals surface area contributed by atoms with Crippen LogP contribution in [-0.2, 0) is 4.79 Å². The molecule has 1 rings (SSSR count). The van der Waals surface area contributed by atoms with E-state index in [-0.39, 0.29) is 18.0 Å². The molecule has 4 heteroatoms. The highest BCUT2D eigenvalue weighted by atomic mass is 16.2. The summed E-state index contributed by atoms with van der Waals surface area (Å²) in [5.74, 6) is 0.166. The number of amides is 1. The van der Waals surface area contributed by atoms with E-state index in [1.807, 2.05) is 6.92 Å². The van der Waals surface area contributed by atoms with Crippen LogP contribution in [0.4, 0.5) is 0 Å². The lowest BCUT2D eigenvalue weighted by atomic mass is 10.0. The van der Waals surface area contributed by atoms with Crippen LogP contribution in [0.3, 0.4) is 0 Å². The molecule has 1 amide bonds. The van der Waals surface area contributed by atoms with E-state index in [0.717, 1.165) is 25.9 Å². The number of nitrogens with two attached hydrogens (primary N) is 1. The Morgan fingerprint density at radius 1 is 1.57 bits per heavy atom. The zero-order valence-electron chi connectivity index (χ0n) is 9.36. The normalized spacial score (nSPS) is 25.9. The van der Waals surface area contributed by atoms with Gasteiger partial charge in [0.1, 0.15) is 0 Å². The van der Waals surface area contributed by atoms with Crippen molar-refractivity contribution in [1.82, 2.24) is 9.80 Å². The van der Waals surface area contributed by atoms with Crippen molar-refractivity contribution in [2.45, 2.75) is 31.8 Å². The third-order valence-corrected chi connectivity index (χ3v) is 2.84. The fourth-order valence-electron chi connectivity index (χ4n) is 1.92. The molecule has 2 N–H and O–H groups in total. The maximum Gasteiger partial charge on any atom is 0.239 e. The molecular weight excluding hydrogens is 178 g/mol. The molecule has 1 unspecified atom stereocenters.